The summed E-state index contributed by atoms with van der Waals surface area (Å²) >= 11 is 0. The van der Waals surface area contributed by atoms with Crippen molar-refractivity contribution in [1.29, 1.82) is 5.26 Å². The topological polar surface area (TPSA) is 66.1 Å². The number of amides is 1. The molecule has 17 heavy (non-hydrogen) atoms. The summed E-state index contributed by atoms with van der Waals surface area (Å²) in [6.45, 7) is 0.800. The third-order valence-electron chi connectivity index (χ3n) is 2.45. The number of hydrogen-bond donors (Lipinski definition) is 0. The van der Waals surface area contributed by atoms with Crippen molar-refractivity contribution in [3.63, 3.8) is 0 Å². The fourth-order valence-corrected chi connectivity index (χ4v) is 1.39. The third kappa shape index (κ3) is 4.11. The fourth-order valence-electron chi connectivity index (χ4n) is 1.39. The van der Waals surface area contributed by atoms with Gasteiger partial charge >= 0.3 is 0 Å². The standard InChI is InChI=1S/C12H15N3O2/c1-14(8-4-7-13)11(16)6-10-15-9-3-2-5-12(15)17/h2-3,5,9H,4,6,8,10H2,1H3. The molecule has 0 aliphatic heterocycles. The Bertz CT molecular complexity index is 473. The number of carbonyl (C=O) groups is 1. The number of hydrogen-bond acceptors (Lipinski definition) is 3. The van der Waals surface area contributed by atoms with Gasteiger partial charge in [0.05, 0.1) is 12.5 Å². The second kappa shape index (κ2) is 6.48. The SMILES string of the molecule is CN(CCC#N)C(=O)CCn1ccccc1=O. The Kier molecular flexibility index (Phi) is 4.95. The summed E-state index contributed by atoms with van der Waals surface area (Å²) in [6, 6.07) is 6.87. The van der Waals surface area contributed by atoms with Gasteiger partial charge in [-0.1, -0.05) is 6.07 Å². The minimum absolute atomic E-state index is 0.0593. The first-order chi connectivity index (χ1) is 8.15. The van der Waals surface area contributed by atoms with Crippen LogP contribution in [0.3, 0.4) is 0 Å². The lowest BCUT2D eigenvalue weighted by Crippen LogP contribution is -2.29. The van der Waals surface area contributed by atoms with Crippen LogP contribution in [0.15, 0.2) is 29.2 Å². The summed E-state index contributed by atoms with van der Waals surface area (Å²) in [5.41, 5.74) is -0.111. The van der Waals surface area contributed by atoms with Gasteiger partial charge in [0.15, 0.2) is 0 Å². The maximum absolute atomic E-state index is 11.6. The van der Waals surface area contributed by atoms with Crippen LogP contribution in [0.25, 0.3) is 0 Å². The predicted octanol–water partition coefficient (Wildman–Crippen LogP) is 0.610. The van der Waals surface area contributed by atoms with E-state index < -0.39 is 0 Å². The molecule has 0 saturated heterocycles. The maximum atomic E-state index is 11.6. The van der Waals surface area contributed by atoms with Gasteiger partial charge in [-0.15, -0.1) is 0 Å². The summed E-state index contributed by atoms with van der Waals surface area (Å²) in [5, 5.41) is 8.41. The summed E-state index contributed by atoms with van der Waals surface area (Å²) in [6.07, 6.45) is 2.25. The van der Waals surface area contributed by atoms with E-state index in [1.165, 1.54) is 15.5 Å². The number of nitrogens with zero attached hydrogens (tertiary/aromatic N) is 3. The largest absolute Gasteiger partial charge is 0.345 e. The van der Waals surface area contributed by atoms with Crippen LogP contribution in [0.2, 0.25) is 0 Å². The molecule has 0 bridgehead atoms. The van der Waals surface area contributed by atoms with Crippen LogP contribution in [-0.2, 0) is 11.3 Å². The highest BCUT2D eigenvalue weighted by molar-refractivity contribution is 5.75. The van der Waals surface area contributed by atoms with Gasteiger partial charge in [0.25, 0.3) is 5.56 Å². The molecule has 1 amide bonds. The van der Waals surface area contributed by atoms with Crippen LogP contribution < -0.4 is 5.56 Å². The first-order valence-corrected chi connectivity index (χ1v) is 5.41. The number of aryl methyl sites for hydroxylation is 1. The molecule has 0 saturated carbocycles. The molecule has 0 radical (unpaired) electrons. The molecule has 1 aromatic rings. The maximum Gasteiger partial charge on any atom is 0.250 e. The molecule has 1 heterocycles. The molecule has 1 aromatic heterocycles. The summed E-state index contributed by atoms with van der Waals surface area (Å²) in [4.78, 5) is 24.5. The van der Waals surface area contributed by atoms with Crippen molar-refractivity contribution in [1.82, 2.24) is 9.47 Å². The summed E-state index contributed by atoms with van der Waals surface area (Å²) < 4.78 is 1.50. The van der Waals surface area contributed by atoms with Crippen molar-refractivity contribution in [3.8, 4) is 6.07 Å². The van der Waals surface area contributed by atoms with Gasteiger partial charge in [-0.2, -0.15) is 5.26 Å². The van der Waals surface area contributed by atoms with Crippen molar-refractivity contribution in [2.24, 2.45) is 0 Å². The highest BCUT2D eigenvalue weighted by Crippen LogP contribution is 1.95. The molecule has 0 aliphatic carbocycles. The molecule has 0 aliphatic rings. The summed E-state index contributed by atoms with van der Waals surface area (Å²) in [5.74, 6) is -0.0593. The van der Waals surface area contributed by atoms with Gasteiger partial charge in [0.1, 0.15) is 0 Å². The Morgan fingerprint density at radius 2 is 2.29 bits per heavy atom. The smallest absolute Gasteiger partial charge is 0.250 e. The molecule has 5 nitrogen and oxygen atoms in total. The first-order valence-electron chi connectivity index (χ1n) is 5.41. The van der Waals surface area contributed by atoms with Crippen molar-refractivity contribution in [3.05, 3.63) is 34.7 Å². The molecular weight excluding hydrogens is 218 g/mol. The lowest BCUT2D eigenvalue weighted by atomic mass is 10.3. The van der Waals surface area contributed by atoms with Gasteiger partial charge < -0.3 is 9.47 Å². The van der Waals surface area contributed by atoms with Gasteiger partial charge in [-0.25, -0.2) is 0 Å². The Hall–Kier alpha value is -2.09. The highest BCUT2D eigenvalue weighted by atomic mass is 16.2. The zero-order valence-corrected chi connectivity index (χ0v) is 9.80. The number of pyridine rings is 1. The Morgan fingerprint density at radius 1 is 1.53 bits per heavy atom. The number of rotatable bonds is 5. The second-order valence-corrected chi connectivity index (χ2v) is 3.71. The molecular formula is C12H15N3O2. The molecule has 0 N–H and O–H groups in total. The van der Waals surface area contributed by atoms with Crippen molar-refractivity contribution >= 4 is 5.91 Å². The van der Waals surface area contributed by atoms with E-state index in [1.807, 2.05) is 6.07 Å². The quantitative estimate of drug-likeness (QED) is 0.748. The molecule has 0 fully saturated rings. The Labute approximate surface area is 99.9 Å². The average Bonchev–Trinajstić information content (AvgIpc) is 2.34. The number of carbonyl (C=O) groups excluding carboxylic acids is 1. The van der Waals surface area contributed by atoms with E-state index in [2.05, 4.69) is 0 Å². The molecule has 1 rings (SSSR count). The fraction of sp³-hybridized carbons (Fsp3) is 0.417. The van der Waals surface area contributed by atoms with Crippen LogP contribution in [0.1, 0.15) is 12.8 Å². The highest BCUT2D eigenvalue weighted by Gasteiger charge is 2.08. The van der Waals surface area contributed by atoms with Gasteiger partial charge in [0, 0.05) is 38.8 Å². The van der Waals surface area contributed by atoms with Crippen LogP contribution >= 0.6 is 0 Å². The summed E-state index contributed by atoms with van der Waals surface area (Å²) in [7, 11) is 1.66. The van der Waals surface area contributed by atoms with E-state index in [9.17, 15) is 9.59 Å². The lowest BCUT2D eigenvalue weighted by molar-refractivity contribution is -0.130. The molecule has 0 aromatic carbocycles. The van der Waals surface area contributed by atoms with Gasteiger partial charge in [-0.3, -0.25) is 9.59 Å². The molecule has 0 unspecified atom stereocenters. The zero-order chi connectivity index (χ0) is 12.7. The van der Waals surface area contributed by atoms with E-state index in [0.717, 1.165) is 0 Å². The third-order valence-corrected chi connectivity index (χ3v) is 2.45. The van der Waals surface area contributed by atoms with E-state index in [1.54, 1.807) is 25.4 Å². The van der Waals surface area contributed by atoms with E-state index >= 15 is 0 Å². The predicted molar refractivity (Wildman–Crippen MR) is 63.2 cm³/mol. The lowest BCUT2D eigenvalue weighted by Gasteiger charge is -2.15. The van der Waals surface area contributed by atoms with Crippen molar-refractivity contribution < 1.29 is 4.79 Å². The second-order valence-electron chi connectivity index (χ2n) is 3.71. The number of nitriles is 1. The zero-order valence-electron chi connectivity index (χ0n) is 9.80. The van der Waals surface area contributed by atoms with Crippen molar-refractivity contribution in [2.75, 3.05) is 13.6 Å². The van der Waals surface area contributed by atoms with Gasteiger partial charge in [-0.05, 0) is 6.07 Å². The first kappa shape index (κ1) is 13.0. The minimum Gasteiger partial charge on any atom is -0.345 e. The van der Waals surface area contributed by atoms with Gasteiger partial charge in [0.2, 0.25) is 5.91 Å². The number of aromatic nitrogens is 1. The van der Waals surface area contributed by atoms with E-state index in [0.29, 0.717) is 19.5 Å². The molecule has 90 valence electrons. The minimum atomic E-state index is -0.111. The monoisotopic (exact) mass is 233 g/mol. The Morgan fingerprint density at radius 3 is 2.94 bits per heavy atom. The van der Waals surface area contributed by atoms with Crippen molar-refractivity contribution in [2.45, 2.75) is 19.4 Å². The van der Waals surface area contributed by atoms with Crippen LogP contribution in [0.5, 0.6) is 0 Å². The Balaban J connectivity index is 2.46. The van der Waals surface area contributed by atoms with Crippen LogP contribution in [-0.4, -0.2) is 29.0 Å². The normalized spacial score (nSPS) is 9.65. The van der Waals surface area contributed by atoms with Crippen LogP contribution in [0, 0.1) is 11.3 Å². The molecule has 5 heteroatoms. The molecule has 0 spiro atoms. The average molecular weight is 233 g/mol. The van der Waals surface area contributed by atoms with E-state index in [-0.39, 0.29) is 17.9 Å². The van der Waals surface area contributed by atoms with Crippen LogP contribution in [0.4, 0.5) is 0 Å². The molecule has 0 atom stereocenters. The van der Waals surface area contributed by atoms with E-state index in [4.69, 9.17) is 5.26 Å².